The van der Waals surface area contributed by atoms with Gasteiger partial charge in [0.2, 0.25) is 0 Å². The van der Waals surface area contributed by atoms with E-state index in [4.69, 9.17) is 13.3 Å². The first kappa shape index (κ1) is 22.4. The fourth-order valence-corrected chi connectivity index (χ4v) is 0. The Hall–Kier alpha value is 3.71. The summed E-state index contributed by atoms with van der Waals surface area (Å²) < 4.78 is 25.3. The average molecular weight is 165 g/mol. The summed E-state index contributed by atoms with van der Waals surface area (Å²) in [7, 11) is 0. The molecule has 0 heterocycles. The van der Waals surface area contributed by atoms with Crippen LogP contribution in [0.2, 0.25) is 0 Å². The second-order valence-electron chi connectivity index (χ2n) is 0.204. The minimum atomic E-state index is -3.11. The molecule has 26 valence electrons. The van der Waals surface area contributed by atoms with Crippen molar-refractivity contribution in [2.45, 2.75) is 0 Å². The molecule has 0 aliphatic heterocycles. The summed E-state index contributed by atoms with van der Waals surface area (Å²) >= 11 is -3.11. The molecule has 0 saturated heterocycles. The standard InChI is InChI=1S/K.2Na.H2O3S/c;;;1-4(2)3/h;;;(H2,1,2,3)/q3*+1;/p-2. The zero-order valence-corrected chi connectivity index (χ0v) is 12.6. The number of hydrogen-bond donors (Lipinski definition) is 0. The van der Waals surface area contributed by atoms with Gasteiger partial charge < -0.3 is 9.11 Å². The molecule has 0 amide bonds. The largest absolute Gasteiger partial charge is 1.00 e. The predicted octanol–water partition coefficient (Wildman–Crippen LogP) is -9.99. The van der Waals surface area contributed by atoms with Gasteiger partial charge in [-0.15, -0.1) is 11.4 Å². The molecule has 0 aliphatic rings. The van der Waals surface area contributed by atoms with Crippen molar-refractivity contribution in [3.63, 3.8) is 0 Å². The average Bonchev–Trinajstić information content (AvgIpc) is 0.811. The van der Waals surface area contributed by atoms with E-state index < -0.39 is 11.4 Å². The summed E-state index contributed by atoms with van der Waals surface area (Å²) in [5.41, 5.74) is 0. The van der Waals surface area contributed by atoms with Crippen LogP contribution in [0.1, 0.15) is 0 Å². The van der Waals surface area contributed by atoms with E-state index in [-0.39, 0.29) is 110 Å². The van der Waals surface area contributed by atoms with Crippen LogP contribution in [0.15, 0.2) is 0 Å². The molecule has 0 unspecified atom stereocenters. The van der Waals surface area contributed by atoms with Crippen molar-refractivity contribution in [3.05, 3.63) is 0 Å². The zero-order valence-electron chi connectivity index (χ0n) is 4.63. The van der Waals surface area contributed by atoms with Crippen LogP contribution in [0.25, 0.3) is 0 Å². The zero-order chi connectivity index (χ0) is 3.58. The van der Waals surface area contributed by atoms with Crippen LogP contribution in [-0.4, -0.2) is 13.3 Å². The van der Waals surface area contributed by atoms with Crippen LogP contribution in [0.3, 0.4) is 0 Å². The summed E-state index contributed by atoms with van der Waals surface area (Å²) in [5.74, 6) is 0. The molecule has 0 atom stereocenters. The van der Waals surface area contributed by atoms with Gasteiger partial charge in [0, 0.05) is 0 Å². The molecule has 0 radical (unpaired) electrons. The van der Waals surface area contributed by atoms with Gasteiger partial charge in [0.05, 0.1) is 0 Å². The molecule has 0 bridgehead atoms. The van der Waals surface area contributed by atoms with Crippen LogP contribution in [0, 0.1) is 0 Å². The molecule has 0 aliphatic carbocycles. The molecule has 0 N–H and O–H groups in total. The Bertz CT molecular complexity index is 35.9. The molecular formula is KNa2O3S+. The van der Waals surface area contributed by atoms with Gasteiger partial charge in [0.1, 0.15) is 0 Å². The topological polar surface area (TPSA) is 63.2 Å². The Kier molecular flexibility index (Phi) is 52.4. The third-order valence-electron chi connectivity index (χ3n) is 0. The molecule has 0 rings (SSSR count). The minimum absolute atomic E-state index is 0. The van der Waals surface area contributed by atoms with Crippen molar-refractivity contribution in [2.75, 3.05) is 0 Å². The third-order valence-corrected chi connectivity index (χ3v) is 0. The van der Waals surface area contributed by atoms with E-state index in [1.54, 1.807) is 0 Å². The number of rotatable bonds is 0. The maximum absolute atomic E-state index is 8.44. The molecule has 7 heavy (non-hydrogen) atoms. The predicted molar refractivity (Wildman–Crippen MR) is 9.70 cm³/mol. The maximum atomic E-state index is 8.44. The summed E-state index contributed by atoms with van der Waals surface area (Å²) in [6.45, 7) is 0. The van der Waals surface area contributed by atoms with Crippen molar-refractivity contribution >= 4 is 11.4 Å². The summed E-state index contributed by atoms with van der Waals surface area (Å²) in [6, 6.07) is 0. The van der Waals surface area contributed by atoms with E-state index in [0.717, 1.165) is 0 Å². The van der Waals surface area contributed by atoms with Gasteiger partial charge in [-0.05, 0) is 0 Å². The van der Waals surface area contributed by atoms with Crippen LogP contribution in [0.5, 0.6) is 0 Å². The Morgan fingerprint density at radius 1 is 1.14 bits per heavy atom. The maximum Gasteiger partial charge on any atom is 1.00 e. The van der Waals surface area contributed by atoms with Crippen molar-refractivity contribution in [2.24, 2.45) is 0 Å². The van der Waals surface area contributed by atoms with Crippen LogP contribution < -0.4 is 110 Å². The van der Waals surface area contributed by atoms with Gasteiger partial charge in [-0.1, -0.05) is 0 Å². The SMILES string of the molecule is O=S([O-])[O-].[K+].[Na+].[Na+]. The first-order chi connectivity index (χ1) is 1.73. The van der Waals surface area contributed by atoms with Crippen molar-refractivity contribution < 1.29 is 124 Å². The van der Waals surface area contributed by atoms with Gasteiger partial charge >= 0.3 is 110 Å². The summed E-state index contributed by atoms with van der Waals surface area (Å²) in [6.07, 6.45) is 0. The van der Waals surface area contributed by atoms with E-state index in [1.807, 2.05) is 0 Å². The molecule has 7 heteroatoms. The molecule has 0 fully saturated rings. The van der Waals surface area contributed by atoms with Gasteiger partial charge in [-0.25, -0.2) is 0 Å². The molecule has 0 aromatic rings. The minimum Gasteiger partial charge on any atom is -0.784 e. The van der Waals surface area contributed by atoms with E-state index in [9.17, 15) is 0 Å². The Morgan fingerprint density at radius 2 is 1.14 bits per heavy atom. The summed E-state index contributed by atoms with van der Waals surface area (Å²) in [5, 5.41) is 0. The third kappa shape index (κ3) is 42.0. The van der Waals surface area contributed by atoms with Crippen LogP contribution in [-0.2, 0) is 11.4 Å². The first-order valence-electron chi connectivity index (χ1n) is 0.500. The van der Waals surface area contributed by atoms with Crippen molar-refractivity contribution in [1.29, 1.82) is 0 Å². The molecule has 0 aromatic heterocycles. The van der Waals surface area contributed by atoms with E-state index >= 15 is 0 Å². The fraction of sp³-hybridized carbons (Fsp3) is 0. The number of hydrogen-bond acceptors (Lipinski definition) is 3. The smallest absolute Gasteiger partial charge is 0.784 e. The van der Waals surface area contributed by atoms with Crippen molar-refractivity contribution in [3.8, 4) is 0 Å². The van der Waals surface area contributed by atoms with Gasteiger partial charge in [0.25, 0.3) is 0 Å². The Labute approximate surface area is 132 Å². The Morgan fingerprint density at radius 3 is 1.14 bits per heavy atom. The fourth-order valence-electron chi connectivity index (χ4n) is 0. The quantitative estimate of drug-likeness (QED) is 0.264. The second-order valence-corrected chi connectivity index (χ2v) is 0.612. The molecule has 0 spiro atoms. The molecule has 0 saturated carbocycles. The second kappa shape index (κ2) is 16.4. The normalized spacial score (nSPS) is 5.00. The summed E-state index contributed by atoms with van der Waals surface area (Å²) in [4.78, 5) is 0. The molecular weight excluding hydrogens is 165 g/mol. The van der Waals surface area contributed by atoms with E-state index in [2.05, 4.69) is 0 Å². The van der Waals surface area contributed by atoms with Gasteiger partial charge in [-0.3, -0.25) is 4.21 Å². The van der Waals surface area contributed by atoms with Crippen LogP contribution >= 0.6 is 0 Å². The Balaban J connectivity index is -0.0000000150. The first-order valence-corrected chi connectivity index (χ1v) is 1.50. The van der Waals surface area contributed by atoms with E-state index in [1.165, 1.54) is 0 Å². The molecule has 0 aromatic carbocycles. The molecule has 3 nitrogen and oxygen atoms in total. The van der Waals surface area contributed by atoms with Gasteiger partial charge in [0.15, 0.2) is 0 Å². The van der Waals surface area contributed by atoms with E-state index in [0.29, 0.717) is 0 Å². The van der Waals surface area contributed by atoms with Gasteiger partial charge in [-0.2, -0.15) is 0 Å². The monoisotopic (exact) mass is 165 g/mol. The van der Waals surface area contributed by atoms with Crippen molar-refractivity contribution in [1.82, 2.24) is 0 Å². The van der Waals surface area contributed by atoms with Crippen LogP contribution in [0.4, 0.5) is 0 Å².